The predicted octanol–water partition coefficient (Wildman–Crippen LogP) is 1.09. The van der Waals surface area contributed by atoms with E-state index in [2.05, 4.69) is 0 Å². The monoisotopic (exact) mass is 151 g/mol. The Morgan fingerprint density at radius 1 is 1.55 bits per heavy atom. The van der Waals surface area contributed by atoms with E-state index in [9.17, 15) is 4.79 Å². The van der Waals surface area contributed by atoms with Gasteiger partial charge in [-0.1, -0.05) is 6.07 Å². The summed E-state index contributed by atoms with van der Waals surface area (Å²) in [6.07, 6.45) is 0.717. The van der Waals surface area contributed by atoms with Crippen LogP contribution < -0.4 is 10.5 Å². The molecule has 0 atom stereocenters. The molecule has 0 saturated heterocycles. The lowest BCUT2D eigenvalue weighted by Crippen LogP contribution is -1.95. The molecule has 0 aliphatic carbocycles. The van der Waals surface area contributed by atoms with Crippen LogP contribution >= 0.6 is 0 Å². The van der Waals surface area contributed by atoms with Gasteiger partial charge < -0.3 is 10.5 Å². The second-order valence-electron chi connectivity index (χ2n) is 2.09. The summed E-state index contributed by atoms with van der Waals surface area (Å²) in [6.45, 7) is 0. The van der Waals surface area contributed by atoms with Crippen molar-refractivity contribution < 1.29 is 9.53 Å². The first-order valence-corrected chi connectivity index (χ1v) is 3.17. The van der Waals surface area contributed by atoms with Crippen LogP contribution in [0.5, 0.6) is 5.75 Å². The van der Waals surface area contributed by atoms with Crippen LogP contribution in [0.2, 0.25) is 0 Å². The Balaban J connectivity index is 3.23. The van der Waals surface area contributed by atoms with Crippen LogP contribution in [-0.4, -0.2) is 13.4 Å². The molecule has 0 aromatic heterocycles. The highest BCUT2D eigenvalue weighted by molar-refractivity contribution is 5.83. The lowest BCUT2D eigenvalue weighted by Gasteiger charge is -2.04. The number of para-hydroxylation sites is 1. The van der Waals surface area contributed by atoms with Gasteiger partial charge >= 0.3 is 0 Å². The maximum Gasteiger partial charge on any atom is 0.153 e. The summed E-state index contributed by atoms with van der Waals surface area (Å²) in [4.78, 5) is 10.4. The van der Waals surface area contributed by atoms with Crippen molar-refractivity contribution in [2.45, 2.75) is 0 Å². The van der Waals surface area contributed by atoms with Crippen molar-refractivity contribution in [3.05, 3.63) is 23.8 Å². The van der Waals surface area contributed by atoms with E-state index in [0.29, 0.717) is 17.0 Å². The SMILES string of the molecule is COc1c(N)cccc1C=O. The fourth-order valence-corrected chi connectivity index (χ4v) is 0.902. The van der Waals surface area contributed by atoms with Crippen LogP contribution in [-0.2, 0) is 0 Å². The highest BCUT2D eigenvalue weighted by Crippen LogP contribution is 2.23. The summed E-state index contributed by atoms with van der Waals surface area (Å²) in [5.74, 6) is 0.447. The van der Waals surface area contributed by atoms with Crippen molar-refractivity contribution in [1.82, 2.24) is 0 Å². The molecule has 11 heavy (non-hydrogen) atoms. The molecule has 0 saturated carbocycles. The number of hydrogen-bond acceptors (Lipinski definition) is 3. The Bertz CT molecular complexity index is 271. The van der Waals surface area contributed by atoms with Crippen LogP contribution in [0.15, 0.2) is 18.2 Å². The molecular formula is C8H9NO2. The van der Waals surface area contributed by atoms with Crippen LogP contribution in [0, 0.1) is 0 Å². The zero-order chi connectivity index (χ0) is 8.27. The topological polar surface area (TPSA) is 52.3 Å². The van der Waals surface area contributed by atoms with Crippen molar-refractivity contribution >= 4 is 12.0 Å². The van der Waals surface area contributed by atoms with E-state index in [1.807, 2.05) is 0 Å². The minimum atomic E-state index is 0.447. The molecule has 1 aromatic rings. The smallest absolute Gasteiger partial charge is 0.153 e. The van der Waals surface area contributed by atoms with Gasteiger partial charge in [0.1, 0.15) is 0 Å². The van der Waals surface area contributed by atoms with Crippen molar-refractivity contribution in [3.8, 4) is 5.75 Å². The average Bonchev–Trinajstić information content (AvgIpc) is 2.04. The first-order chi connectivity index (χ1) is 5.29. The van der Waals surface area contributed by atoms with Gasteiger partial charge in [-0.15, -0.1) is 0 Å². The molecule has 0 radical (unpaired) electrons. The number of carbonyl (C=O) groups excluding carboxylic acids is 1. The van der Waals surface area contributed by atoms with E-state index in [4.69, 9.17) is 10.5 Å². The highest BCUT2D eigenvalue weighted by atomic mass is 16.5. The average molecular weight is 151 g/mol. The third-order valence-corrected chi connectivity index (χ3v) is 1.41. The lowest BCUT2D eigenvalue weighted by molar-refractivity contribution is 0.112. The summed E-state index contributed by atoms with van der Waals surface area (Å²) in [5.41, 5.74) is 6.49. The Labute approximate surface area is 64.8 Å². The first-order valence-electron chi connectivity index (χ1n) is 3.17. The molecule has 0 spiro atoms. The number of carbonyl (C=O) groups is 1. The third-order valence-electron chi connectivity index (χ3n) is 1.41. The second kappa shape index (κ2) is 3.05. The van der Waals surface area contributed by atoms with E-state index >= 15 is 0 Å². The standard InChI is InChI=1S/C8H9NO2/c1-11-8-6(5-10)3-2-4-7(8)9/h2-5H,9H2,1H3. The van der Waals surface area contributed by atoms with Gasteiger partial charge in [0.15, 0.2) is 12.0 Å². The lowest BCUT2D eigenvalue weighted by atomic mass is 10.2. The van der Waals surface area contributed by atoms with Gasteiger partial charge in [-0.25, -0.2) is 0 Å². The molecule has 0 amide bonds. The number of nitrogens with two attached hydrogens (primary N) is 1. The van der Waals surface area contributed by atoms with Crippen molar-refractivity contribution in [3.63, 3.8) is 0 Å². The van der Waals surface area contributed by atoms with Gasteiger partial charge in [-0.05, 0) is 12.1 Å². The van der Waals surface area contributed by atoms with Crippen molar-refractivity contribution in [2.24, 2.45) is 0 Å². The predicted molar refractivity (Wildman–Crippen MR) is 42.8 cm³/mol. The van der Waals surface area contributed by atoms with E-state index in [1.54, 1.807) is 18.2 Å². The minimum Gasteiger partial charge on any atom is -0.494 e. The number of hydrogen-bond donors (Lipinski definition) is 1. The number of benzene rings is 1. The number of ether oxygens (including phenoxy) is 1. The highest BCUT2D eigenvalue weighted by Gasteiger charge is 2.03. The molecule has 0 bridgehead atoms. The Hall–Kier alpha value is -1.51. The molecule has 1 rings (SSSR count). The minimum absolute atomic E-state index is 0.447. The molecular weight excluding hydrogens is 142 g/mol. The van der Waals surface area contributed by atoms with Gasteiger partial charge in [-0.2, -0.15) is 0 Å². The third kappa shape index (κ3) is 1.32. The molecule has 1 aromatic carbocycles. The molecule has 3 heteroatoms. The van der Waals surface area contributed by atoms with Crippen molar-refractivity contribution in [1.29, 1.82) is 0 Å². The number of anilines is 1. The van der Waals surface area contributed by atoms with E-state index < -0.39 is 0 Å². The molecule has 58 valence electrons. The molecule has 0 aliphatic heterocycles. The number of aldehydes is 1. The summed E-state index contributed by atoms with van der Waals surface area (Å²) >= 11 is 0. The molecule has 0 unspecified atom stereocenters. The van der Waals surface area contributed by atoms with Crippen LogP contribution in [0.25, 0.3) is 0 Å². The van der Waals surface area contributed by atoms with Gasteiger partial charge in [-0.3, -0.25) is 4.79 Å². The zero-order valence-corrected chi connectivity index (χ0v) is 6.20. The maximum absolute atomic E-state index is 10.4. The first kappa shape index (κ1) is 7.60. The quantitative estimate of drug-likeness (QED) is 0.508. The van der Waals surface area contributed by atoms with Gasteiger partial charge in [0.2, 0.25) is 0 Å². The zero-order valence-electron chi connectivity index (χ0n) is 6.20. The Morgan fingerprint density at radius 2 is 2.27 bits per heavy atom. The largest absolute Gasteiger partial charge is 0.494 e. The summed E-state index contributed by atoms with van der Waals surface area (Å²) in [5, 5.41) is 0. The van der Waals surface area contributed by atoms with Crippen LogP contribution in [0.4, 0.5) is 5.69 Å². The second-order valence-corrected chi connectivity index (χ2v) is 2.09. The number of rotatable bonds is 2. The molecule has 2 N–H and O–H groups in total. The fraction of sp³-hybridized carbons (Fsp3) is 0.125. The normalized spacial score (nSPS) is 9.18. The summed E-state index contributed by atoms with van der Waals surface area (Å²) in [7, 11) is 1.48. The van der Waals surface area contributed by atoms with Gasteiger partial charge in [0.25, 0.3) is 0 Å². The Kier molecular flexibility index (Phi) is 2.11. The van der Waals surface area contributed by atoms with E-state index in [-0.39, 0.29) is 0 Å². The molecule has 0 aliphatic rings. The fourth-order valence-electron chi connectivity index (χ4n) is 0.902. The van der Waals surface area contributed by atoms with E-state index in [0.717, 1.165) is 6.29 Å². The molecule has 0 heterocycles. The molecule has 3 nitrogen and oxygen atoms in total. The maximum atomic E-state index is 10.4. The Morgan fingerprint density at radius 3 is 2.73 bits per heavy atom. The number of methoxy groups -OCH3 is 1. The van der Waals surface area contributed by atoms with E-state index in [1.165, 1.54) is 7.11 Å². The summed E-state index contributed by atoms with van der Waals surface area (Å²) < 4.78 is 4.91. The van der Waals surface area contributed by atoms with Crippen LogP contribution in [0.3, 0.4) is 0 Å². The van der Waals surface area contributed by atoms with Gasteiger partial charge in [0.05, 0.1) is 18.4 Å². The van der Waals surface area contributed by atoms with Crippen LogP contribution in [0.1, 0.15) is 10.4 Å². The number of nitrogen functional groups attached to an aromatic ring is 1. The van der Waals surface area contributed by atoms with Crippen molar-refractivity contribution in [2.75, 3.05) is 12.8 Å². The summed E-state index contributed by atoms with van der Waals surface area (Å²) in [6, 6.07) is 5.05. The van der Waals surface area contributed by atoms with Gasteiger partial charge in [0, 0.05) is 0 Å². The molecule has 0 fully saturated rings.